The lowest BCUT2D eigenvalue weighted by molar-refractivity contribution is 0.120. The second kappa shape index (κ2) is 3.93. The number of amides is 1. The number of hydrogen-bond donors (Lipinski definition) is 0. The first-order valence-electron chi connectivity index (χ1n) is 4.94. The van der Waals surface area contributed by atoms with E-state index < -0.39 is 0 Å². The van der Waals surface area contributed by atoms with Gasteiger partial charge in [0.1, 0.15) is 0 Å². The van der Waals surface area contributed by atoms with Crippen molar-refractivity contribution in [1.82, 2.24) is 4.90 Å². The van der Waals surface area contributed by atoms with E-state index in [0.29, 0.717) is 5.92 Å². The molecule has 1 aliphatic heterocycles. The predicted octanol–water partition coefficient (Wildman–Crippen LogP) is 2.52. The van der Waals surface area contributed by atoms with Crippen LogP contribution in [-0.4, -0.2) is 30.7 Å². The molecule has 0 aromatic carbocycles. The van der Waals surface area contributed by atoms with Crippen molar-refractivity contribution in [1.29, 1.82) is 0 Å². The van der Waals surface area contributed by atoms with E-state index in [1.807, 2.05) is 4.90 Å². The zero-order valence-corrected chi connectivity index (χ0v) is 9.79. The van der Waals surface area contributed by atoms with Crippen LogP contribution in [0.15, 0.2) is 10.6 Å². The van der Waals surface area contributed by atoms with Gasteiger partial charge in [0.25, 0.3) is 0 Å². The highest BCUT2D eigenvalue weighted by Crippen LogP contribution is 2.39. The smallest absolute Gasteiger partial charge is 0.410 e. The van der Waals surface area contributed by atoms with E-state index in [2.05, 4.69) is 22.0 Å². The third kappa shape index (κ3) is 1.56. The van der Waals surface area contributed by atoms with Gasteiger partial charge in [-0.05, 0) is 25.2 Å². The number of hydrogen-bond acceptors (Lipinski definition) is 2. The molecular weight excluding hydrogens is 246 g/mol. The number of ether oxygens (including phenoxy) is 1. The van der Waals surface area contributed by atoms with Crippen molar-refractivity contribution >= 4 is 22.0 Å². The molecule has 0 saturated carbocycles. The predicted molar refractivity (Wildman–Crippen MR) is 57.3 cm³/mol. The molecule has 1 aliphatic carbocycles. The number of nitrogens with zero attached hydrogens (tertiary/aromatic N) is 1. The van der Waals surface area contributed by atoms with Gasteiger partial charge in [0.05, 0.1) is 13.2 Å². The van der Waals surface area contributed by atoms with Crippen LogP contribution in [0.3, 0.4) is 0 Å². The molecule has 1 fully saturated rings. The first kappa shape index (κ1) is 10.0. The fourth-order valence-corrected chi connectivity index (χ4v) is 3.26. The van der Waals surface area contributed by atoms with Crippen LogP contribution in [0.25, 0.3) is 0 Å². The minimum Gasteiger partial charge on any atom is -0.453 e. The maximum Gasteiger partial charge on any atom is 0.410 e. The number of carbonyl (C=O) groups excluding carboxylic acids is 1. The molecule has 0 spiro atoms. The highest BCUT2D eigenvalue weighted by Gasteiger charge is 2.40. The fraction of sp³-hybridized carbons (Fsp3) is 0.700. The Hall–Kier alpha value is -0.510. The van der Waals surface area contributed by atoms with Crippen LogP contribution in [0, 0.1) is 5.92 Å². The SMILES string of the molecule is COC(=O)N1CC[C@H]2CCC=C(Br)[C@H]21. The quantitative estimate of drug-likeness (QED) is 0.669. The van der Waals surface area contributed by atoms with Crippen molar-refractivity contribution < 1.29 is 9.53 Å². The van der Waals surface area contributed by atoms with Crippen LogP contribution in [0.4, 0.5) is 4.79 Å². The second-order valence-corrected chi connectivity index (χ2v) is 4.74. The molecule has 1 amide bonds. The summed E-state index contributed by atoms with van der Waals surface area (Å²) in [7, 11) is 1.44. The Morgan fingerprint density at radius 2 is 2.43 bits per heavy atom. The second-order valence-electron chi connectivity index (χ2n) is 3.82. The molecule has 78 valence electrons. The van der Waals surface area contributed by atoms with E-state index in [1.54, 1.807) is 0 Å². The van der Waals surface area contributed by atoms with Crippen LogP contribution in [0.5, 0.6) is 0 Å². The minimum atomic E-state index is -0.204. The van der Waals surface area contributed by atoms with Crippen molar-refractivity contribution in [3.8, 4) is 0 Å². The normalized spacial score (nSPS) is 31.0. The lowest BCUT2D eigenvalue weighted by Crippen LogP contribution is -2.39. The summed E-state index contributed by atoms with van der Waals surface area (Å²) in [6.45, 7) is 0.824. The zero-order valence-electron chi connectivity index (χ0n) is 8.20. The van der Waals surface area contributed by atoms with Crippen molar-refractivity contribution in [2.24, 2.45) is 5.92 Å². The maximum absolute atomic E-state index is 11.5. The number of methoxy groups -OCH3 is 1. The minimum absolute atomic E-state index is 0.204. The summed E-state index contributed by atoms with van der Waals surface area (Å²) in [5.41, 5.74) is 0. The molecule has 2 atom stereocenters. The van der Waals surface area contributed by atoms with E-state index in [1.165, 1.54) is 13.5 Å². The van der Waals surface area contributed by atoms with Crippen LogP contribution >= 0.6 is 15.9 Å². The molecule has 0 N–H and O–H groups in total. The Labute approximate surface area is 92.2 Å². The van der Waals surface area contributed by atoms with Crippen LogP contribution in [-0.2, 0) is 4.74 Å². The first-order chi connectivity index (χ1) is 6.74. The Morgan fingerprint density at radius 1 is 1.64 bits per heavy atom. The molecule has 1 saturated heterocycles. The lowest BCUT2D eigenvalue weighted by atomic mass is 9.90. The summed E-state index contributed by atoms with van der Waals surface area (Å²) in [4.78, 5) is 13.3. The molecule has 14 heavy (non-hydrogen) atoms. The van der Waals surface area contributed by atoms with E-state index in [-0.39, 0.29) is 12.1 Å². The monoisotopic (exact) mass is 259 g/mol. The summed E-state index contributed by atoms with van der Waals surface area (Å²) in [6, 6.07) is 0.233. The molecule has 0 radical (unpaired) electrons. The fourth-order valence-electron chi connectivity index (χ4n) is 2.41. The van der Waals surface area contributed by atoms with Gasteiger partial charge in [0.15, 0.2) is 0 Å². The van der Waals surface area contributed by atoms with Gasteiger partial charge in [-0.1, -0.05) is 22.0 Å². The Bertz CT molecular complexity index is 277. The summed E-state index contributed by atoms with van der Waals surface area (Å²) in [5.74, 6) is 0.619. The van der Waals surface area contributed by atoms with Crippen molar-refractivity contribution in [3.63, 3.8) is 0 Å². The topological polar surface area (TPSA) is 29.5 Å². The highest BCUT2D eigenvalue weighted by atomic mass is 79.9. The Balaban J connectivity index is 2.18. The van der Waals surface area contributed by atoms with Crippen molar-refractivity contribution in [3.05, 3.63) is 10.6 Å². The molecular formula is C10H14BrNO2. The molecule has 0 aromatic heterocycles. The number of carbonyl (C=O) groups is 1. The van der Waals surface area contributed by atoms with E-state index in [0.717, 1.165) is 23.9 Å². The van der Waals surface area contributed by atoms with Gasteiger partial charge in [-0.25, -0.2) is 4.79 Å². The number of halogens is 1. The molecule has 2 rings (SSSR count). The number of fused-ring (bicyclic) bond motifs is 1. The van der Waals surface area contributed by atoms with Gasteiger partial charge in [-0.15, -0.1) is 0 Å². The molecule has 0 unspecified atom stereocenters. The standard InChI is InChI=1S/C10H14BrNO2/c1-14-10(13)12-6-5-7-3-2-4-8(11)9(7)12/h4,7,9H,2-3,5-6H2,1H3/t7-,9+/m1/s1. The van der Waals surface area contributed by atoms with Crippen molar-refractivity contribution in [2.75, 3.05) is 13.7 Å². The third-order valence-electron chi connectivity index (χ3n) is 3.09. The molecule has 2 aliphatic rings. The average molecular weight is 260 g/mol. The van der Waals surface area contributed by atoms with Gasteiger partial charge in [-0.3, -0.25) is 0 Å². The molecule has 0 bridgehead atoms. The number of allylic oxidation sites excluding steroid dienone is 1. The van der Waals surface area contributed by atoms with Crippen LogP contribution in [0.1, 0.15) is 19.3 Å². The van der Waals surface area contributed by atoms with Crippen molar-refractivity contribution in [2.45, 2.75) is 25.3 Å². The highest BCUT2D eigenvalue weighted by molar-refractivity contribution is 9.11. The third-order valence-corrected chi connectivity index (χ3v) is 3.88. The number of rotatable bonds is 0. The largest absolute Gasteiger partial charge is 0.453 e. The van der Waals surface area contributed by atoms with E-state index >= 15 is 0 Å². The van der Waals surface area contributed by atoms with E-state index in [4.69, 9.17) is 4.74 Å². The van der Waals surface area contributed by atoms with Gasteiger partial charge in [0, 0.05) is 11.0 Å². The summed E-state index contributed by atoms with van der Waals surface area (Å²) >= 11 is 3.54. The summed E-state index contributed by atoms with van der Waals surface area (Å²) < 4.78 is 5.92. The van der Waals surface area contributed by atoms with Crippen LogP contribution in [0.2, 0.25) is 0 Å². The molecule has 3 nitrogen and oxygen atoms in total. The molecule has 4 heteroatoms. The maximum atomic E-state index is 11.5. The molecule has 1 heterocycles. The molecule has 0 aromatic rings. The van der Waals surface area contributed by atoms with E-state index in [9.17, 15) is 4.79 Å². The zero-order chi connectivity index (χ0) is 10.1. The first-order valence-corrected chi connectivity index (χ1v) is 5.73. The summed E-state index contributed by atoms with van der Waals surface area (Å²) in [6.07, 6.45) is 5.37. The van der Waals surface area contributed by atoms with Gasteiger partial charge >= 0.3 is 6.09 Å². The van der Waals surface area contributed by atoms with Gasteiger partial charge in [-0.2, -0.15) is 0 Å². The average Bonchev–Trinajstić information content (AvgIpc) is 2.62. The van der Waals surface area contributed by atoms with Crippen LogP contribution < -0.4 is 0 Å². The Kier molecular flexibility index (Phi) is 2.81. The van der Waals surface area contributed by atoms with Gasteiger partial charge < -0.3 is 9.64 Å². The summed E-state index contributed by atoms with van der Waals surface area (Å²) in [5, 5.41) is 0. The van der Waals surface area contributed by atoms with Gasteiger partial charge in [0.2, 0.25) is 0 Å². The lowest BCUT2D eigenvalue weighted by Gasteiger charge is -2.29. The number of likely N-dealkylation sites (tertiary alicyclic amines) is 1. The Morgan fingerprint density at radius 3 is 3.14 bits per heavy atom.